The van der Waals surface area contributed by atoms with E-state index in [1.165, 1.54) is 6.07 Å². The molecule has 0 aliphatic heterocycles. The van der Waals surface area contributed by atoms with Crippen LogP contribution in [0.25, 0.3) is 0 Å². The van der Waals surface area contributed by atoms with Crippen molar-refractivity contribution in [1.29, 1.82) is 0 Å². The van der Waals surface area contributed by atoms with E-state index in [0.29, 0.717) is 27.1 Å². The van der Waals surface area contributed by atoms with Crippen LogP contribution in [0.1, 0.15) is 37.4 Å². The first-order valence-corrected chi connectivity index (χ1v) is 12.1. The van der Waals surface area contributed by atoms with E-state index in [9.17, 15) is 14.7 Å². The number of anilines is 1. The summed E-state index contributed by atoms with van der Waals surface area (Å²) in [6.07, 6.45) is 0. The molecule has 0 unspecified atom stereocenters. The van der Waals surface area contributed by atoms with E-state index in [4.69, 9.17) is 32.7 Å². The number of amides is 1. The number of hydrogen-bond acceptors (Lipinski definition) is 4. The maximum atomic E-state index is 13.2. The van der Waals surface area contributed by atoms with Gasteiger partial charge in [-0.1, -0.05) is 71.7 Å². The SMILES string of the molecule is Cc1cccc(C(=O)O)c1NC(=O)c1cc(OCc2ccccc2Cl)cc(OCc2ccccc2Cl)c1. The van der Waals surface area contributed by atoms with Crippen LogP contribution >= 0.6 is 23.2 Å². The lowest BCUT2D eigenvalue weighted by molar-refractivity contribution is 0.0698. The zero-order chi connectivity index (χ0) is 26.4. The van der Waals surface area contributed by atoms with Crippen molar-refractivity contribution in [2.24, 2.45) is 0 Å². The summed E-state index contributed by atoms with van der Waals surface area (Å²) in [5, 5.41) is 13.4. The zero-order valence-corrected chi connectivity index (χ0v) is 21.3. The van der Waals surface area contributed by atoms with E-state index in [0.717, 1.165) is 11.1 Å². The Morgan fingerprint density at radius 2 is 1.32 bits per heavy atom. The second-order valence-electron chi connectivity index (χ2n) is 8.21. The first-order chi connectivity index (χ1) is 17.8. The Balaban J connectivity index is 1.63. The summed E-state index contributed by atoms with van der Waals surface area (Å²) >= 11 is 12.5. The molecule has 0 aromatic heterocycles. The van der Waals surface area contributed by atoms with Gasteiger partial charge in [-0.3, -0.25) is 4.79 Å². The van der Waals surface area contributed by atoms with Gasteiger partial charge in [-0.15, -0.1) is 0 Å². The molecule has 0 aliphatic rings. The summed E-state index contributed by atoms with van der Waals surface area (Å²) in [5.74, 6) is -0.892. The van der Waals surface area contributed by atoms with E-state index in [1.54, 1.807) is 49.4 Å². The molecule has 4 aromatic rings. The Morgan fingerprint density at radius 1 is 0.784 bits per heavy atom. The smallest absolute Gasteiger partial charge is 0.337 e. The number of aryl methyl sites for hydroxylation is 1. The summed E-state index contributed by atoms with van der Waals surface area (Å²) in [6.45, 7) is 2.08. The Morgan fingerprint density at radius 3 is 1.84 bits per heavy atom. The molecular weight excluding hydrogens is 513 g/mol. The summed E-state index contributed by atoms with van der Waals surface area (Å²) in [4.78, 5) is 24.9. The van der Waals surface area contributed by atoms with Crippen molar-refractivity contribution in [3.63, 3.8) is 0 Å². The van der Waals surface area contributed by atoms with Crippen molar-refractivity contribution in [1.82, 2.24) is 0 Å². The number of carbonyl (C=O) groups excluding carboxylic acids is 1. The van der Waals surface area contributed by atoms with Crippen molar-refractivity contribution >= 4 is 40.8 Å². The number of halogens is 2. The van der Waals surface area contributed by atoms with E-state index < -0.39 is 11.9 Å². The van der Waals surface area contributed by atoms with Gasteiger partial charge in [0.25, 0.3) is 5.91 Å². The number of benzene rings is 4. The van der Waals surface area contributed by atoms with Gasteiger partial charge in [-0.25, -0.2) is 4.79 Å². The number of para-hydroxylation sites is 1. The minimum Gasteiger partial charge on any atom is -0.489 e. The van der Waals surface area contributed by atoms with Crippen LogP contribution in [0.4, 0.5) is 5.69 Å². The first-order valence-electron chi connectivity index (χ1n) is 11.3. The quantitative estimate of drug-likeness (QED) is 0.233. The highest BCUT2D eigenvalue weighted by Crippen LogP contribution is 2.28. The molecule has 37 heavy (non-hydrogen) atoms. The van der Waals surface area contributed by atoms with Crippen LogP contribution in [0.2, 0.25) is 10.0 Å². The lowest BCUT2D eigenvalue weighted by atomic mass is 10.1. The van der Waals surface area contributed by atoms with Crippen LogP contribution in [0, 0.1) is 6.92 Å². The number of ether oxygens (including phenoxy) is 2. The van der Waals surface area contributed by atoms with Crippen molar-refractivity contribution < 1.29 is 24.2 Å². The molecule has 4 aromatic carbocycles. The molecule has 0 spiro atoms. The lowest BCUT2D eigenvalue weighted by Crippen LogP contribution is -2.16. The molecule has 0 saturated carbocycles. The predicted molar refractivity (Wildman–Crippen MR) is 144 cm³/mol. The van der Waals surface area contributed by atoms with Gasteiger partial charge in [0, 0.05) is 32.8 Å². The fourth-order valence-corrected chi connectivity index (χ4v) is 4.00. The Hall–Kier alpha value is -4.00. The third-order valence-electron chi connectivity index (χ3n) is 5.59. The second-order valence-corrected chi connectivity index (χ2v) is 9.02. The van der Waals surface area contributed by atoms with Gasteiger partial charge < -0.3 is 19.9 Å². The van der Waals surface area contributed by atoms with Gasteiger partial charge in [0.1, 0.15) is 24.7 Å². The van der Waals surface area contributed by atoms with Gasteiger partial charge in [0.05, 0.1) is 11.3 Å². The highest BCUT2D eigenvalue weighted by atomic mass is 35.5. The van der Waals surface area contributed by atoms with Gasteiger partial charge in [0.15, 0.2) is 0 Å². The fraction of sp³-hybridized carbons (Fsp3) is 0.103. The topological polar surface area (TPSA) is 84.9 Å². The summed E-state index contributed by atoms with van der Waals surface area (Å²) < 4.78 is 11.9. The number of aromatic carboxylic acids is 1. The first kappa shape index (κ1) is 26.1. The molecular formula is C29H23Cl2NO5. The number of carboxylic acid groups (broad SMARTS) is 1. The summed E-state index contributed by atoms with van der Waals surface area (Å²) in [6, 6.07) is 24.2. The van der Waals surface area contributed by atoms with Crippen LogP contribution in [0.5, 0.6) is 11.5 Å². The number of rotatable bonds is 9. The van der Waals surface area contributed by atoms with E-state index in [-0.39, 0.29) is 30.0 Å². The van der Waals surface area contributed by atoms with Crippen molar-refractivity contribution in [2.45, 2.75) is 20.1 Å². The molecule has 0 fully saturated rings. The minimum atomic E-state index is -1.14. The van der Waals surface area contributed by atoms with Crippen LogP contribution in [-0.2, 0) is 13.2 Å². The monoisotopic (exact) mass is 535 g/mol. The summed E-state index contributed by atoms with van der Waals surface area (Å²) in [7, 11) is 0. The van der Waals surface area contributed by atoms with Crippen LogP contribution in [-0.4, -0.2) is 17.0 Å². The van der Waals surface area contributed by atoms with E-state index >= 15 is 0 Å². The molecule has 4 rings (SSSR count). The van der Waals surface area contributed by atoms with Gasteiger partial charge in [-0.2, -0.15) is 0 Å². The van der Waals surface area contributed by atoms with Gasteiger partial charge in [0.2, 0.25) is 0 Å². The average molecular weight is 536 g/mol. The molecule has 0 radical (unpaired) electrons. The molecule has 1 amide bonds. The molecule has 188 valence electrons. The van der Waals surface area contributed by atoms with Crippen molar-refractivity contribution in [3.8, 4) is 11.5 Å². The zero-order valence-electron chi connectivity index (χ0n) is 19.8. The molecule has 0 atom stereocenters. The average Bonchev–Trinajstić information content (AvgIpc) is 2.88. The molecule has 2 N–H and O–H groups in total. The molecule has 0 saturated heterocycles. The fourth-order valence-electron chi connectivity index (χ4n) is 3.62. The van der Waals surface area contributed by atoms with Crippen molar-refractivity contribution in [3.05, 3.63) is 123 Å². The Kier molecular flexibility index (Phi) is 8.33. The molecule has 8 heteroatoms. The highest BCUT2D eigenvalue weighted by Gasteiger charge is 2.17. The Bertz CT molecular complexity index is 1390. The number of hydrogen-bond donors (Lipinski definition) is 2. The van der Waals surface area contributed by atoms with Crippen LogP contribution in [0.3, 0.4) is 0 Å². The highest BCUT2D eigenvalue weighted by molar-refractivity contribution is 6.31. The van der Waals surface area contributed by atoms with E-state index in [1.807, 2.05) is 36.4 Å². The summed E-state index contributed by atoms with van der Waals surface area (Å²) in [5.41, 5.74) is 2.63. The third kappa shape index (κ3) is 6.61. The maximum absolute atomic E-state index is 13.2. The maximum Gasteiger partial charge on any atom is 0.337 e. The molecule has 0 aliphatic carbocycles. The van der Waals surface area contributed by atoms with Crippen LogP contribution < -0.4 is 14.8 Å². The van der Waals surface area contributed by atoms with Crippen molar-refractivity contribution in [2.75, 3.05) is 5.32 Å². The van der Waals surface area contributed by atoms with Gasteiger partial charge >= 0.3 is 5.97 Å². The normalized spacial score (nSPS) is 10.6. The minimum absolute atomic E-state index is 0.00494. The molecule has 0 bridgehead atoms. The molecule has 0 heterocycles. The molecule has 6 nitrogen and oxygen atoms in total. The lowest BCUT2D eigenvalue weighted by Gasteiger charge is -2.15. The second kappa shape index (κ2) is 11.8. The standard InChI is InChI=1S/C29H23Cl2NO5/c1-18-7-6-10-24(29(34)35)27(18)32-28(33)21-13-22(36-16-19-8-2-4-11-25(19)30)15-23(14-21)37-17-20-9-3-5-12-26(20)31/h2-15H,16-17H2,1H3,(H,32,33)(H,34,35). The largest absolute Gasteiger partial charge is 0.489 e. The Labute approximate surface area is 224 Å². The predicted octanol–water partition coefficient (Wildman–Crippen LogP) is 7.41. The number of carbonyl (C=O) groups is 2. The number of nitrogens with one attached hydrogen (secondary N) is 1. The van der Waals surface area contributed by atoms with E-state index in [2.05, 4.69) is 5.32 Å². The van der Waals surface area contributed by atoms with Gasteiger partial charge in [-0.05, 0) is 42.8 Å². The van der Waals surface area contributed by atoms with Crippen LogP contribution in [0.15, 0.2) is 84.9 Å². The third-order valence-corrected chi connectivity index (χ3v) is 6.33. The number of carboxylic acids is 1.